The molecule has 2 amide bonds. The predicted molar refractivity (Wildman–Crippen MR) is 91.5 cm³/mol. The molecule has 23 heavy (non-hydrogen) atoms. The molecule has 3 rings (SSSR count). The average Bonchev–Trinajstić information content (AvgIpc) is 2.60. The van der Waals surface area contributed by atoms with E-state index in [1.807, 2.05) is 48.7 Å². The molecule has 0 radical (unpaired) electrons. The van der Waals surface area contributed by atoms with Crippen molar-refractivity contribution >= 4 is 23.5 Å². The molecule has 0 saturated heterocycles. The number of rotatable bonds is 4. The summed E-state index contributed by atoms with van der Waals surface area (Å²) in [6.45, 7) is 1.54. The van der Waals surface area contributed by atoms with Crippen molar-refractivity contribution in [2.24, 2.45) is 0 Å². The van der Waals surface area contributed by atoms with Crippen LogP contribution in [0.5, 0.6) is 11.5 Å². The lowest BCUT2D eigenvalue weighted by molar-refractivity contribution is 0.171. The fourth-order valence-corrected chi connectivity index (χ4v) is 2.84. The Morgan fingerprint density at radius 1 is 1.13 bits per heavy atom. The quantitative estimate of drug-likeness (QED) is 0.843. The number of carbonyl (C=O) groups is 1. The van der Waals surface area contributed by atoms with E-state index < -0.39 is 0 Å². The molecule has 1 aliphatic heterocycles. The lowest BCUT2D eigenvalue weighted by atomic mass is 10.2. The normalized spacial score (nSPS) is 12.6. The summed E-state index contributed by atoms with van der Waals surface area (Å²) in [6, 6.07) is 13.2. The molecule has 0 fully saturated rings. The number of carbonyl (C=O) groups excluding carboxylic acids is 1. The molecule has 0 spiro atoms. The van der Waals surface area contributed by atoms with Gasteiger partial charge in [-0.2, -0.15) is 0 Å². The highest BCUT2D eigenvalue weighted by atomic mass is 32.2. The average molecular weight is 330 g/mol. The molecule has 120 valence electrons. The van der Waals surface area contributed by atoms with Crippen LogP contribution in [0.15, 0.2) is 47.4 Å². The van der Waals surface area contributed by atoms with Crippen LogP contribution < -0.4 is 20.1 Å². The van der Waals surface area contributed by atoms with E-state index in [0.717, 1.165) is 16.2 Å². The van der Waals surface area contributed by atoms with Crippen LogP contribution >= 0.6 is 11.8 Å². The van der Waals surface area contributed by atoms with Crippen molar-refractivity contribution in [1.29, 1.82) is 0 Å². The van der Waals surface area contributed by atoms with E-state index in [0.29, 0.717) is 31.2 Å². The molecule has 1 aliphatic rings. The maximum atomic E-state index is 12.1. The lowest BCUT2D eigenvalue weighted by Crippen LogP contribution is -2.28. The number of benzene rings is 2. The van der Waals surface area contributed by atoms with Crippen LogP contribution in [0, 0.1) is 0 Å². The third kappa shape index (κ3) is 3.90. The fraction of sp³-hybridized carbons (Fsp3) is 0.235. The van der Waals surface area contributed by atoms with Gasteiger partial charge in [0.05, 0.1) is 5.69 Å². The molecular formula is C17H18N2O3S. The molecule has 2 N–H and O–H groups in total. The Hall–Kier alpha value is -2.34. The Morgan fingerprint density at radius 2 is 1.83 bits per heavy atom. The van der Waals surface area contributed by atoms with Gasteiger partial charge in [0, 0.05) is 17.5 Å². The Morgan fingerprint density at radius 3 is 2.52 bits per heavy atom. The number of hydrogen-bond acceptors (Lipinski definition) is 4. The second-order valence-corrected chi connectivity index (χ2v) is 5.84. The van der Waals surface area contributed by atoms with Gasteiger partial charge in [0.1, 0.15) is 13.2 Å². The Kier molecular flexibility index (Phi) is 4.92. The minimum atomic E-state index is -0.249. The first-order chi connectivity index (χ1) is 11.3. The van der Waals surface area contributed by atoms with Crippen molar-refractivity contribution in [3.05, 3.63) is 48.0 Å². The number of nitrogens with one attached hydrogen (secondary N) is 2. The van der Waals surface area contributed by atoms with Crippen molar-refractivity contribution in [3.63, 3.8) is 0 Å². The molecule has 0 bridgehead atoms. The van der Waals surface area contributed by atoms with Crippen LogP contribution in [0.1, 0.15) is 5.56 Å². The van der Waals surface area contributed by atoms with Gasteiger partial charge in [-0.05, 0) is 17.9 Å². The first-order valence-electron chi connectivity index (χ1n) is 7.32. The molecule has 0 aliphatic carbocycles. The van der Waals surface area contributed by atoms with E-state index in [2.05, 4.69) is 10.6 Å². The monoisotopic (exact) mass is 330 g/mol. The van der Waals surface area contributed by atoms with Crippen LogP contribution in [0.4, 0.5) is 10.5 Å². The molecule has 2 aromatic carbocycles. The molecular weight excluding hydrogens is 312 g/mol. The Bertz CT molecular complexity index is 692. The summed E-state index contributed by atoms with van der Waals surface area (Å²) in [5.41, 5.74) is 1.77. The van der Waals surface area contributed by atoms with Gasteiger partial charge in [-0.1, -0.05) is 30.3 Å². The topological polar surface area (TPSA) is 59.6 Å². The molecule has 2 aromatic rings. The predicted octanol–water partition coefficient (Wildman–Crippen LogP) is 3.50. The number of hydrogen-bond donors (Lipinski definition) is 2. The van der Waals surface area contributed by atoms with Gasteiger partial charge < -0.3 is 20.1 Å². The van der Waals surface area contributed by atoms with Crippen molar-refractivity contribution in [1.82, 2.24) is 5.32 Å². The van der Waals surface area contributed by atoms with Crippen molar-refractivity contribution < 1.29 is 14.3 Å². The molecule has 0 unspecified atom stereocenters. The standard InChI is InChI=1S/C17H18N2O3S/c1-23-16-10-15-14(21-7-8-22-15)9-13(16)19-17(20)18-11-12-5-3-2-4-6-12/h2-6,9-10H,7-8,11H2,1H3,(H2,18,19,20). The number of ether oxygens (including phenoxy) is 2. The summed E-state index contributed by atoms with van der Waals surface area (Å²) in [6.07, 6.45) is 1.96. The van der Waals surface area contributed by atoms with Crippen LogP contribution in [0.2, 0.25) is 0 Å². The second kappa shape index (κ2) is 7.28. The van der Waals surface area contributed by atoms with E-state index in [-0.39, 0.29) is 6.03 Å². The fourth-order valence-electron chi connectivity index (χ4n) is 2.28. The third-order valence-corrected chi connectivity index (χ3v) is 4.19. The van der Waals surface area contributed by atoms with E-state index in [1.165, 1.54) is 0 Å². The van der Waals surface area contributed by atoms with Gasteiger partial charge in [-0.15, -0.1) is 11.8 Å². The van der Waals surface area contributed by atoms with E-state index in [4.69, 9.17) is 9.47 Å². The largest absolute Gasteiger partial charge is 0.486 e. The Balaban J connectivity index is 1.67. The summed E-state index contributed by atoms with van der Waals surface area (Å²) in [5.74, 6) is 1.38. The maximum absolute atomic E-state index is 12.1. The summed E-state index contributed by atoms with van der Waals surface area (Å²) in [5, 5.41) is 5.72. The van der Waals surface area contributed by atoms with Crippen molar-refractivity contribution in [2.45, 2.75) is 11.4 Å². The van der Waals surface area contributed by atoms with Gasteiger partial charge in [0.2, 0.25) is 0 Å². The highest BCUT2D eigenvalue weighted by Gasteiger charge is 2.16. The minimum Gasteiger partial charge on any atom is -0.486 e. The highest BCUT2D eigenvalue weighted by Crippen LogP contribution is 2.39. The molecule has 1 heterocycles. The summed E-state index contributed by atoms with van der Waals surface area (Å²) >= 11 is 1.55. The molecule has 0 atom stereocenters. The first-order valence-corrected chi connectivity index (χ1v) is 8.55. The number of amides is 2. The number of anilines is 1. The summed E-state index contributed by atoms with van der Waals surface area (Å²) < 4.78 is 11.1. The van der Waals surface area contributed by atoms with Crippen LogP contribution in [-0.4, -0.2) is 25.5 Å². The van der Waals surface area contributed by atoms with E-state index in [9.17, 15) is 4.79 Å². The summed E-state index contributed by atoms with van der Waals surface area (Å²) in [7, 11) is 0. The first kappa shape index (κ1) is 15.6. The van der Waals surface area contributed by atoms with Gasteiger partial charge in [0.25, 0.3) is 0 Å². The lowest BCUT2D eigenvalue weighted by Gasteiger charge is -2.21. The van der Waals surface area contributed by atoms with Gasteiger partial charge in [-0.25, -0.2) is 4.79 Å². The molecule has 5 nitrogen and oxygen atoms in total. The minimum absolute atomic E-state index is 0.249. The van der Waals surface area contributed by atoms with Crippen molar-refractivity contribution in [3.8, 4) is 11.5 Å². The van der Waals surface area contributed by atoms with Crippen LogP contribution in [0.25, 0.3) is 0 Å². The molecule has 0 aromatic heterocycles. The van der Waals surface area contributed by atoms with Gasteiger partial charge >= 0.3 is 6.03 Å². The molecule has 6 heteroatoms. The Labute approximate surface area is 139 Å². The third-order valence-electron chi connectivity index (χ3n) is 3.41. The molecule has 0 saturated carbocycles. The number of urea groups is 1. The zero-order chi connectivity index (χ0) is 16.1. The highest BCUT2D eigenvalue weighted by molar-refractivity contribution is 7.98. The van der Waals surface area contributed by atoms with Gasteiger partial charge in [0.15, 0.2) is 11.5 Å². The van der Waals surface area contributed by atoms with Gasteiger partial charge in [-0.3, -0.25) is 0 Å². The van der Waals surface area contributed by atoms with E-state index >= 15 is 0 Å². The van der Waals surface area contributed by atoms with Crippen LogP contribution in [-0.2, 0) is 6.54 Å². The van der Waals surface area contributed by atoms with E-state index in [1.54, 1.807) is 11.8 Å². The second-order valence-electron chi connectivity index (χ2n) is 4.99. The number of fused-ring (bicyclic) bond motifs is 1. The van der Waals surface area contributed by atoms with Crippen molar-refractivity contribution in [2.75, 3.05) is 24.8 Å². The zero-order valence-electron chi connectivity index (χ0n) is 12.8. The summed E-state index contributed by atoms with van der Waals surface area (Å²) in [4.78, 5) is 13.1. The zero-order valence-corrected chi connectivity index (χ0v) is 13.6. The number of thioether (sulfide) groups is 1. The SMILES string of the molecule is CSc1cc2c(cc1NC(=O)NCc1ccccc1)OCCO2. The smallest absolute Gasteiger partial charge is 0.319 e. The van der Waals surface area contributed by atoms with Crippen LogP contribution in [0.3, 0.4) is 0 Å². The maximum Gasteiger partial charge on any atom is 0.319 e.